The number of allylic oxidation sites excluding steroid dienone is 2. The molecule has 1 saturated heterocycles. The lowest BCUT2D eigenvalue weighted by Gasteiger charge is -2.37. The van der Waals surface area contributed by atoms with Crippen LogP contribution in [0.3, 0.4) is 0 Å². The largest absolute Gasteiger partial charge is 0.403 e. The van der Waals surface area contributed by atoms with Crippen LogP contribution >= 0.6 is 0 Å². The summed E-state index contributed by atoms with van der Waals surface area (Å²) >= 11 is 0. The molecule has 0 bridgehead atoms. The molecule has 0 spiro atoms. The van der Waals surface area contributed by atoms with Crippen molar-refractivity contribution in [2.24, 2.45) is 17.6 Å². The number of carbonyl (C=O) groups excluding carboxylic acids is 1. The molecule has 3 aliphatic rings. The van der Waals surface area contributed by atoms with E-state index < -0.39 is 0 Å². The number of rotatable bonds is 7. The summed E-state index contributed by atoms with van der Waals surface area (Å²) in [4.78, 5) is 14.7. The first-order chi connectivity index (χ1) is 15.4. The fraction of sp³-hybridized carbons (Fsp3) is 0.593. The average molecular weight is 437 g/mol. The maximum absolute atomic E-state index is 12.6. The molecule has 4 rings (SSSR count). The molecule has 174 valence electrons. The second kappa shape index (κ2) is 10.0. The number of nitrogens with two attached hydrogens (primary N) is 1. The maximum Gasteiger partial charge on any atom is 0.225 e. The highest BCUT2D eigenvalue weighted by molar-refractivity contribution is 5.79. The Bertz CT molecular complexity index is 872. The summed E-state index contributed by atoms with van der Waals surface area (Å²) in [6.45, 7) is 9.11. The van der Waals surface area contributed by atoms with Crippen LogP contribution in [0, 0.1) is 11.8 Å². The molecule has 1 atom stereocenters. The van der Waals surface area contributed by atoms with E-state index in [-0.39, 0.29) is 0 Å². The number of nitrogens with zero attached hydrogens (tertiary/aromatic N) is 1. The number of nitrogens with one attached hydrogen (secondary N) is 2. The third kappa shape index (κ3) is 5.31. The number of benzene rings is 1. The average Bonchev–Trinajstić information content (AvgIpc) is 2.72. The molecule has 2 heterocycles. The first-order valence-corrected chi connectivity index (χ1v) is 12.5. The van der Waals surface area contributed by atoms with Crippen LogP contribution in [0.2, 0.25) is 0 Å². The van der Waals surface area contributed by atoms with Crippen LogP contribution < -0.4 is 16.4 Å². The summed E-state index contributed by atoms with van der Waals surface area (Å²) in [6.07, 6.45) is 12.9. The molecule has 1 aliphatic carbocycles. The van der Waals surface area contributed by atoms with Crippen molar-refractivity contribution in [3.63, 3.8) is 0 Å². The van der Waals surface area contributed by atoms with Gasteiger partial charge in [0, 0.05) is 54.5 Å². The molecule has 32 heavy (non-hydrogen) atoms. The van der Waals surface area contributed by atoms with Gasteiger partial charge in [-0.15, -0.1) is 0 Å². The Morgan fingerprint density at radius 1 is 1.25 bits per heavy atom. The van der Waals surface area contributed by atoms with Crippen LogP contribution in [0.5, 0.6) is 0 Å². The van der Waals surface area contributed by atoms with Gasteiger partial charge in [-0.2, -0.15) is 0 Å². The Morgan fingerprint density at radius 2 is 2.00 bits per heavy atom. The van der Waals surface area contributed by atoms with Gasteiger partial charge in [-0.05, 0) is 74.4 Å². The summed E-state index contributed by atoms with van der Waals surface area (Å²) in [7, 11) is 0. The lowest BCUT2D eigenvalue weighted by Crippen LogP contribution is -2.46. The van der Waals surface area contributed by atoms with Crippen molar-refractivity contribution in [1.82, 2.24) is 10.2 Å². The van der Waals surface area contributed by atoms with E-state index in [2.05, 4.69) is 53.7 Å². The molecule has 2 fully saturated rings. The van der Waals surface area contributed by atoms with E-state index in [9.17, 15) is 4.79 Å². The molecule has 1 unspecified atom stereocenters. The van der Waals surface area contributed by atoms with Gasteiger partial charge in [0.1, 0.15) is 0 Å². The third-order valence-electron chi connectivity index (χ3n) is 7.20. The van der Waals surface area contributed by atoms with Gasteiger partial charge in [-0.3, -0.25) is 4.79 Å². The summed E-state index contributed by atoms with van der Waals surface area (Å²) in [5.41, 5.74) is 12.2. The second-order valence-corrected chi connectivity index (χ2v) is 10.4. The van der Waals surface area contributed by atoms with E-state index in [1.807, 2.05) is 13.1 Å². The van der Waals surface area contributed by atoms with E-state index in [1.165, 1.54) is 28.8 Å². The zero-order valence-electron chi connectivity index (χ0n) is 20.0. The van der Waals surface area contributed by atoms with Crippen molar-refractivity contribution in [3.8, 4) is 0 Å². The van der Waals surface area contributed by atoms with Crippen molar-refractivity contribution in [2.45, 2.75) is 77.8 Å². The van der Waals surface area contributed by atoms with Crippen molar-refractivity contribution in [1.29, 1.82) is 0 Å². The number of piperidine rings is 1. The second-order valence-electron chi connectivity index (χ2n) is 10.4. The fourth-order valence-corrected chi connectivity index (χ4v) is 5.22. The normalized spacial score (nSPS) is 20.5. The van der Waals surface area contributed by atoms with Gasteiger partial charge in [0.05, 0.1) is 0 Å². The highest BCUT2D eigenvalue weighted by Crippen LogP contribution is 2.35. The van der Waals surface area contributed by atoms with Crippen LogP contribution in [0.15, 0.2) is 30.1 Å². The molecule has 1 amide bonds. The molecule has 4 N–H and O–H groups in total. The molecule has 1 aromatic carbocycles. The van der Waals surface area contributed by atoms with Gasteiger partial charge in [0.15, 0.2) is 0 Å². The molecular weight excluding hydrogens is 396 g/mol. The molecule has 5 nitrogen and oxygen atoms in total. The lowest BCUT2D eigenvalue weighted by molar-refractivity contribution is -0.139. The zero-order valence-corrected chi connectivity index (χ0v) is 20.0. The maximum atomic E-state index is 12.6. The smallest absolute Gasteiger partial charge is 0.225 e. The fourth-order valence-electron chi connectivity index (χ4n) is 5.22. The number of hydrogen-bond donors (Lipinski definition) is 3. The topological polar surface area (TPSA) is 70.4 Å². The Hall–Kier alpha value is -2.43. The van der Waals surface area contributed by atoms with Gasteiger partial charge < -0.3 is 21.3 Å². The zero-order chi connectivity index (χ0) is 22.7. The Kier molecular flexibility index (Phi) is 7.12. The first-order valence-electron chi connectivity index (χ1n) is 12.5. The van der Waals surface area contributed by atoms with E-state index in [4.69, 9.17) is 5.73 Å². The molecule has 1 saturated carbocycles. The lowest BCUT2D eigenvalue weighted by atomic mass is 9.84. The van der Waals surface area contributed by atoms with E-state index in [0.29, 0.717) is 29.7 Å². The molecule has 0 aromatic heterocycles. The number of amides is 1. The number of hydrogen-bond acceptors (Lipinski definition) is 4. The van der Waals surface area contributed by atoms with Crippen LogP contribution in [-0.4, -0.2) is 29.9 Å². The Balaban J connectivity index is 1.51. The monoisotopic (exact) mass is 436 g/mol. The quantitative estimate of drug-likeness (QED) is 0.565. The third-order valence-corrected chi connectivity index (χ3v) is 7.20. The Morgan fingerprint density at radius 3 is 2.62 bits per heavy atom. The van der Waals surface area contributed by atoms with Crippen LogP contribution in [0.25, 0.3) is 6.08 Å². The predicted octanol–water partition coefficient (Wildman–Crippen LogP) is 4.96. The minimum Gasteiger partial charge on any atom is -0.403 e. The van der Waals surface area contributed by atoms with Crippen molar-refractivity contribution in [3.05, 3.63) is 46.8 Å². The first kappa shape index (κ1) is 22.8. The summed E-state index contributed by atoms with van der Waals surface area (Å²) < 4.78 is 0. The van der Waals surface area contributed by atoms with Gasteiger partial charge in [-0.25, -0.2) is 0 Å². The highest BCUT2D eigenvalue weighted by atomic mass is 16.2. The highest BCUT2D eigenvalue weighted by Gasteiger charge is 2.32. The van der Waals surface area contributed by atoms with Gasteiger partial charge >= 0.3 is 0 Å². The SMILES string of the molecule is C/C(N)=C/C(CC(C)C)c1cc2c(c(NC3CCN(C(=O)C4CCC4)CC3)c1)CNC=C2. The molecular formula is C27H40N4O. The molecule has 2 aliphatic heterocycles. The summed E-state index contributed by atoms with van der Waals surface area (Å²) in [5.74, 6) is 1.61. The van der Waals surface area contributed by atoms with Gasteiger partial charge in [-0.1, -0.05) is 32.4 Å². The van der Waals surface area contributed by atoms with Crippen LogP contribution in [-0.2, 0) is 11.3 Å². The van der Waals surface area contributed by atoms with E-state index in [1.54, 1.807) is 0 Å². The molecule has 0 radical (unpaired) electrons. The predicted molar refractivity (Wildman–Crippen MR) is 133 cm³/mol. The summed E-state index contributed by atoms with van der Waals surface area (Å²) in [5, 5.41) is 7.24. The number of carbonyl (C=O) groups is 1. The van der Waals surface area contributed by atoms with Crippen LogP contribution in [0.1, 0.15) is 81.9 Å². The van der Waals surface area contributed by atoms with Crippen molar-refractivity contribution in [2.75, 3.05) is 18.4 Å². The Labute approximate surface area is 193 Å². The van der Waals surface area contributed by atoms with Crippen molar-refractivity contribution >= 4 is 17.7 Å². The van der Waals surface area contributed by atoms with E-state index >= 15 is 0 Å². The van der Waals surface area contributed by atoms with E-state index in [0.717, 1.165) is 57.4 Å². The standard InChI is InChI=1S/C27H40N4O/c1-18(2)13-22(14-19(3)28)23-15-21-7-10-29-17-25(21)26(16-23)30-24-8-11-31(12-9-24)27(32)20-5-4-6-20/h7,10,14-16,18,20,22,24,29-30H,4-6,8-9,11-13,17,28H2,1-3H3/b19-14-. The minimum absolute atomic E-state index is 0.304. The number of fused-ring (bicyclic) bond motifs is 1. The summed E-state index contributed by atoms with van der Waals surface area (Å²) in [6, 6.07) is 5.09. The molecule has 1 aromatic rings. The van der Waals surface area contributed by atoms with Gasteiger partial charge in [0.25, 0.3) is 0 Å². The minimum atomic E-state index is 0.304. The van der Waals surface area contributed by atoms with Gasteiger partial charge in [0.2, 0.25) is 5.91 Å². The molecule has 5 heteroatoms. The van der Waals surface area contributed by atoms with Crippen LogP contribution in [0.4, 0.5) is 5.69 Å². The number of anilines is 1. The number of likely N-dealkylation sites (tertiary alicyclic amines) is 1. The van der Waals surface area contributed by atoms with Crippen molar-refractivity contribution < 1.29 is 4.79 Å².